The van der Waals surface area contributed by atoms with E-state index in [1.807, 2.05) is 36.4 Å². The smallest absolute Gasteiger partial charge is 0.299 e. The third-order valence-electron chi connectivity index (χ3n) is 3.42. The molecule has 0 atom stereocenters. The summed E-state index contributed by atoms with van der Waals surface area (Å²) < 4.78 is 5.59. The molecule has 0 bridgehead atoms. The second-order valence-electron chi connectivity index (χ2n) is 4.82. The van der Waals surface area contributed by atoms with Crippen LogP contribution in [0.15, 0.2) is 54.6 Å². The molecule has 1 aliphatic rings. The summed E-state index contributed by atoms with van der Waals surface area (Å²) in [6.45, 7) is 0.985. The molecule has 4 heteroatoms. The monoisotopic (exact) mass is 281 g/mol. The zero-order chi connectivity index (χ0) is 14.7. The van der Waals surface area contributed by atoms with Gasteiger partial charge in [0.05, 0.1) is 17.9 Å². The highest BCUT2D eigenvalue weighted by molar-refractivity contribution is 6.52. The van der Waals surface area contributed by atoms with E-state index in [-0.39, 0.29) is 0 Å². The van der Waals surface area contributed by atoms with Crippen LogP contribution in [0, 0.1) is 0 Å². The van der Waals surface area contributed by atoms with E-state index in [1.54, 1.807) is 18.2 Å². The van der Waals surface area contributed by atoms with Gasteiger partial charge >= 0.3 is 0 Å². The van der Waals surface area contributed by atoms with Gasteiger partial charge in [0.1, 0.15) is 5.75 Å². The number of carbonyl (C=O) groups excluding carboxylic acids is 2. The molecule has 3 rings (SSSR count). The summed E-state index contributed by atoms with van der Waals surface area (Å²) in [6.07, 6.45) is 0.669. The molecule has 4 nitrogen and oxygen atoms in total. The third-order valence-corrected chi connectivity index (χ3v) is 3.42. The standard InChI is InChI=1S/C17H15NO3/c19-16-14-9-4-5-10-15(14)18(17(16)20)11-6-12-21-13-7-2-1-3-8-13/h1-5,7-10H,6,11-12H2. The number of fused-ring (bicyclic) bond motifs is 1. The molecule has 1 amide bonds. The van der Waals surface area contributed by atoms with Gasteiger partial charge in [-0.2, -0.15) is 0 Å². The van der Waals surface area contributed by atoms with Gasteiger partial charge in [-0.15, -0.1) is 0 Å². The summed E-state index contributed by atoms with van der Waals surface area (Å²) in [4.78, 5) is 25.3. The number of ether oxygens (including phenoxy) is 1. The van der Waals surface area contributed by atoms with Crippen molar-refractivity contribution >= 4 is 17.4 Å². The van der Waals surface area contributed by atoms with Crippen LogP contribution in [0.3, 0.4) is 0 Å². The number of hydrogen-bond acceptors (Lipinski definition) is 3. The Labute approximate surface area is 123 Å². The van der Waals surface area contributed by atoms with Crippen molar-refractivity contribution in [2.75, 3.05) is 18.1 Å². The average Bonchev–Trinajstić information content (AvgIpc) is 2.77. The van der Waals surface area contributed by atoms with Crippen LogP contribution in [0.2, 0.25) is 0 Å². The number of hydrogen-bond donors (Lipinski definition) is 0. The fourth-order valence-corrected chi connectivity index (χ4v) is 2.40. The number of benzene rings is 2. The fraction of sp³-hybridized carbons (Fsp3) is 0.176. The summed E-state index contributed by atoms with van der Waals surface area (Å²) in [7, 11) is 0. The van der Waals surface area contributed by atoms with Crippen molar-refractivity contribution in [1.29, 1.82) is 0 Å². The zero-order valence-corrected chi connectivity index (χ0v) is 11.5. The minimum absolute atomic E-state index is 0.422. The number of rotatable bonds is 5. The van der Waals surface area contributed by atoms with Gasteiger partial charge < -0.3 is 9.64 Å². The highest BCUT2D eigenvalue weighted by Crippen LogP contribution is 2.28. The van der Waals surface area contributed by atoms with Gasteiger partial charge in [0.25, 0.3) is 11.7 Å². The topological polar surface area (TPSA) is 46.6 Å². The lowest BCUT2D eigenvalue weighted by Crippen LogP contribution is -2.31. The summed E-state index contributed by atoms with van der Waals surface area (Å²) >= 11 is 0. The van der Waals surface area contributed by atoms with Crippen molar-refractivity contribution in [3.05, 3.63) is 60.2 Å². The van der Waals surface area contributed by atoms with E-state index >= 15 is 0 Å². The Morgan fingerprint density at radius 3 is 2.43 bits per heavy atom. The molecule has 0 saturated heterocycles. The van der Waals surface area contributed by atoms with Gasteiger partial charge in [-0.25, -0.2) is 0 Å². The lowest BCUT2D eigenvalue weighted by molar-refractivity contribution is -0.114. The lowest BCUT2D eigenvalue weighted by atomic mass is 10.1. The predicted octanol–water partition coefficient (Wildman–Crippen LogP) is 2.69. The van der Waals surface area contributed by atoms with Crippen LogP contribution >= 0.6 is 0 Å². The Morgan fingerprint density at radius 1 is 0.905 bits per heavy atom. The average molecular weight is 281 g/mol. The largest absolute Gasteiger partial charge is 0.494 e. The Hall–Kier alpha value is -2.62. The van der Waals surface area contributed by atoms with Crippen molar-refractivity contribution in [2.45, 2.75) is 6.42 Å². The predicted molar refractivity (Wildman–Crippen MR) is 79.7 cm³/mol. The minimum atomic E-state index is -0.448. The first kappa shape index (κ1) is 13.4. The quantitative estimate of drug-likeness (QED) is 0.625. The molecule has 0 radical (unpaired) electrons. The highest BCUT2D eigenvalue weighted by Gasteiger charge is 2.34. The number of anilines is 1. The Bertz CT molecular complexity index is 667. The van der Waals surface area contributed by atoms with Crippen LogP contribution in [-0.4, -0.2) is 24.8 Å². The van der Waals surface area contributed by atoms with Crippen LogP contribution in [0.1, 0.15) is 16.8 Å². The molecule has 106 valence electrons. The maximum Gasteiger partial charge on any atom is 0.299 e. The van der Waals surface area contributed by atoms with Crippen molar-refractivity contribution in [1.82, 2.24) is 0 Å². The molecule has 0 saturated carbocycles. The summed E-state index contributed by atoms with van der Waals surface area (Å²) in [5.74, 6) is -0.0628. The molecule has 1 heterocycles. The van der Waals surface area contributed by atoms with E-state index in [1.165, 1.54) is 4.90 Å². The lowest BCUT2D eigenvalue weighted by Gasteiger charge is -2.16. The van der Waals surface area contributed by atoms with E-state index in [9.17, 15) is 9.59 Å². The first-order valence-corrected chi connectivity index (χ1v) is 6.90. The number of carbonyl (C=O) groups is 2. The van der Waals surface area contributed by atoms with Gasteiger partial charge in [0, 0.05) is 6.54 Å². The number of Topliss-reactive ketones (excluding diaryl/α,β-unsaturated/α-hetero) is 1. The Balaban J connectivity index is 1.59. The van der Waals surface area contributed by atoms with Crippen LogP contribution in [-0.2, 0) is 4.79 Å². The maximum atomic E-state index is 12.0. The molecule has 2 aromatic rings. The van der Waals surface area contributed by atoms with Crippen LogP contribution in [0.25, 0.3) is 0 Å². The first-order valence-electron chi connectivity index (χ1n) is 6.90. The first-order chi connectivity index (χ1) is 10.3. The SMILES string of the molecule is O=C1C(=O)N(CCCOc2ccccc2)c2ccccc21. The van der Waals surface area contributed by atoms with E-state index in [0.717, 1.165) is 5.75 Å². The fourth-order valence-electron chi connectivity index (χ4n) is 2.40. The molecule has 2 aromatic carbocycles. The molecule has 0 spiro atoms. The van der Waals surface area contributed by atoms with Crippen molar-refractivity contribution in [2.24, 2.45) is 0 Å². The Kier molecular flexibility index (Phi) is 3.69. The van der Waals surface area contributed by atoms with Crippen LogP contribution < -0.4 is 9.64 Å². The number of nitrogens with zero attached hydrogens (tertiary/aromatic N) is 1. The molecule has 0 aliphatic carbocycles. The molecule has 1 aliphatic heterocycles. The van der Waals surface area contributed by atoms with Gasteiger partial charge in [0.15, 0.2) is 0 Å². The van der Waals surface area contributed by atoms with E-state index in [2.05, 4.69) is 0 Å². The molecule has 0 unspecified atom stereocenters. The van der Waals surface area contributed by atoms with Crippen LogP contribution in [0.4, 0.5) is 5.69 Å². The molecular formula is C17H15NO3. The minimum Gasteiger partial charge on any atom is -0.494 e. The second kappa shape index (κ2) is 5.79. The molecule has 0 aromatic heterocycles. The van der Waals surface area contributed by atoms with Crippen LogP contribution in [0.5, 0.6) is 5.75 Å². The summed E-state index contributed by atoms with van der Waals surface area (Å²) in [6, 6.07) is 16.6. The van der Waals surface area contributed by atoms with Crippen molar-refractivity contribution in [3.63, 3.8) is 0 Å². The van der Waals surface area contributed by atoms with E-state index in [0.29, 0.717) is 30.8 Å². The van der Waals surface area contributed by atoms with E-state index in [4.69, 9.17) is 4.74 Å². The summed E-state index contributed by atoms with van der Waals surface area (Å²) in [5, 5.41) is 0. The zero-order valence-electron chi connectivity index (χ0n) is 11.5. The normalized spacial score (nSPS) is 13.4. The molecular weight excluding hydrogens is 266 g/mol. The second-order valence-corrected chi connectivity index (χ2v) is 4.82. The molecule has 21 heavy (non-hydrogen) atoms. The molecule has 0 N–H and O–H groups in total. The van der Waals surface area contributed by atoms with Gasteiger partial charge in [0.2, 0.25) is 0 Å². The Morgan fingerprint density at radius 2 is 1.62 bits per heavy atom. The molecule has 0 fully saturated rings. The third kappa shape index (κ3) is 2.65. The number of amides is 1. The van der Waals surface area contributed by atoms with Gasteiger partial charge in [-0.05, 0) is 30.7 Å². The number of ketones is 1. The van der Waals surface area contributed by atoms with Crippen molar-refractivity contribution < 1.29 is 14.3 Å². The summed E-state index contributed by atoms with van der Waals surface area (Å²) in [5.41, 5.74) is 1.19. The number of para-hydroxylation sites is 2. The van der Waals surface area contributed by atoms with Crippen molar-refractivity contribution in [3.8, 4) is 5.75 Å². The van der Waals surface area contributed by atoms with Gasteiger partial charge in [-0.3, -0.25) is 9.59 Å². The van der Waals surface area contributed by atoms with Gasteiger partial charge in [-0.1, -0.05) is 30.3 Å². The maximum absolute atomic E-state index is 12.0. The highest BCUT2D eigenvalue weighted by atomic mass is 16.5. The van der Waals surface area contributed by atoms with E-state index < -0.39 is 11.7 Å².